The summed E-state index contributed by atoms with van der Waals surface area (Å²) in [5, 5.41) is 23.1. The molecule has 0 saturated carbocycles. The highest BCUT2D eigenvalue weighted by Crippen LogP contribution is 2.31. The second-order valence-electron chi connectivity index (χ2n) is 6.42. The van der Waals surface area contributed by atoms with E-state index in [1.54, 1.807) is 18.2 Å². The summed E-state index contributed by atoms with van der Waals surface area (Å²) in [4.78, 5) is 24.3. The van der Waals surface area contributed by atoms with Crippen LogP contribution in [0.25, 0.3) is 0 Å². The molecule has 8 heteroatoms. The Morgan fingerprint density at radius 2 is 1.82 bits per heavy atom. The molecule has 1 aliphatic rings. The first-order chi connectivity index (χ1) is 13.5. The van der Waals surface area contributed by atoms with Gasteiger partial charge in [0.05, 0.1) is 0 Å². The van der Waals surface area contributed by atoms with Crippen molar-refractivity contribution in [1.29, 1.82) is 0 Å². The van der Waals surface area contributed by atoms with E-state index in [2.05, 4.69) is 20.9 Å². The number of aryl methyl sites for hydroxylation is 1. The lowest BCUT2D eigenvalue weighted by molar-refractivity contribution is -0.132. The Labute approximate surface area is 160 Å². The predicted molar refractivity (Wildman–Crippen MR) is 103 cm³/mol. The molecule has 1 aromatic heterocycles. The highest BCUT2D eigenvalue weighted by molar-refractivity contribution is 6.07. The number of nitrogens with zero attached hydrogens (tertiary/aromatic N) is 3. The zero-order valence-corrected chi connectivity index (χ0v) is 15.0. The number of anilines is 2. The van der Waals surface area contributed by atoms with Crippen molar-refractivity contribution in [3.05, 3.63) is 83.2 Å². The van der Waals surface area contributed by atoms with Crippen LogP contribution in [0.1, 0.15) is 27.7 Å². The standard InChI is InChI=1S/C20H17N5O3/c1-12-7-9-14(10-8-12)21-19(26)17-18-22-15(20(27)28)11-16(25(18)24-23-17)13-5-3-2-4-6-13/h2-11,16,22H,1H3,(H,21,26)(H,27,28)/t16-/m0/s1. The van der Waals surface area contributed by atoms with Crippen LogP contribution in [0.3, 0.4) is 0 Å². The molecular formula is C20H17N5O3. The van der Waals surface area contributed by atoms with Crippen LogP contribution < -0.4 is 10.6 Å². The van der Waals surface area contributed by atoms with Crippen molar-refractivity contribution in [3.8, 4) is 0 Å². The Balaban J connectivity index is 1.70. The van der Waals surface area contributed by atoms with Crippen molar-refractivity contribution in [1.82, 2.24) is 15.0 Å². The highest BCUT2D eigenvalue weighted by Gasteiger charge is 2.30. The molecule has 1 aliphatic heterocycles. The summed E-state index contributed by atoms with van der Waals surface area (Å²) in [6.07, 6.45) is 1.54. The molecule has 2 aromatic carbocycles. The van der Waals surface area contributed by atoms with Gasteiger partial charge in [-0.3, -0.25) is 4.79 Å². The topological polar surface area (TPSA) is 109 Å². The number of aromatic nitrogens is 3. The average Bonchev–Trinajstić information content (AvgIpc) is 3.14. The third kappa shape index (κ3) is 3.23. The van der Waals surface area contributed by atoms with E-state index in [4.69, 9.17) is 0 Å². The lowest BCUT2D eigenvalue weighted by Crippen LogP contribution is -2.25. The molecule has 0 aliphatic carbocycles. The van der Waals surface area contributed by atoms with Crippen LogP contribution in [0, 0.1) is 6.92 Å². The van der Waals surface area contributed by atoms with Crippen LogP contribution >= 0.6 is 0 Å². The first-order valence-electron chi connectivity index (χ1n) is 8.63. The number of rotatable bonds is 4. The van der Waals surface area contributed by atoms with Gasteiger partial charge in [-0.2, -0.15) is 0 Å². The third-order valence-corrected chi connectivity index (χ3v) is 4.43. The monoisotopic (exact) mass is 375 g/mol. The van der Waals surface area contributed by atoms with E-state index in [0.29, 0.717) is 5.69 Å². The molecule has 1 atom stereocenters. The smallest absolute Gasteiger partial charge is 0.352 e. The summed E-state index contributed by atoms with van der Waals surface area (Å²) in [5.41, 5.74) is 2.50. The molecule has 4 rings (SSSR count). The van der Waals surface area contributed by atoms with Gasteiger partial charge in [-0.25, -0.2) is 9.48 Å². The number of benzene rings is 2. The van der Waals surface area contributed by atoms with Crippen molar-refractivity contribution in [2.75, 3.05) is 10.6 Å². The average molecular weight is 375 g/mol. The number of nitrogens with one attached hydrogen (secondary N) is 2. The van der Waals surface area contributed by atoms with Crippen molar-refractivity contribution >= 4 is 23.4 Å². The fourth-order valence-corrected chi connectivity index (χ4v) is 2.99. The van der Waals surface area contributed by atoms with E-state index in [-0.39, 0.29) is 17.2 Å². The van der Waals surface area contributed by atoms with Gasteiger partial charge < -0.3 is 15.7 Å². The quantitative estimate of drug-likeness (QED) is 0.647. The summed E-state index contributed by atoms with van der Waals surface area (Å²) in [6, 6.07) is 16.1. The molecule has 8 nitrogen and oxygen atoms in total. The van der Waals surface area contributed by atoms with Crippen LogP contribution in [-0.2, 0) is 4.79 Å². The number of amides is 1. The zero-order chi connectivity index (χ0) is 19.7. The van der Waals surface area contributed by atoms with E-state index in [0.717, 1.165) is 11.1 Å². The molecule has 140 valence electrons. The second kappa shape index (κ2) is 6.99. The summed E-state index contributed by atoms with van der Waals surface area (Å²) in [6.45, 7) is 1.95. The molecule has 0 bridgehead atoms. The van der Waals surface area contributed by atoms with Gasteiger partial charge in [0, 0.05) is 5.69 Å². The lowest BCUT2D eigenvalue weighted by atomic mass is 10.0. The number of allylic oxidation sites excluding steroid dienone is 1. The van der Waals surface area contributed by atoms with E-state index in [1.807, 2.05) is 49.4 Å². The number of hydrogen-bond acceptors (Lipinski definition) is 5. The van der Waals surface area contributed by atoms with Crippen molar-refractivity contribution in [2.24, 2.45) is 0 Å². The van der Waals surface area contributed by atoms with Crippen molar-refractivity contribution in [2.45, 2.75) is 13.0 Å². The van der Waals surface area contributed by atoms with Gasteiger partial charge in [0.25, 0.3) is 5.91 Å². The summed E-state index contributed by atoms with van der Waals surface area (Å²) in [5.74, 6) is -1.37. The van der Waals surface area contributed by atoms with E-state index >= 15 is 0 Å². The number of carbonyl (C=O) groups excluding carboxylic acids is 1. The van der Waals surface area contributed by atoms with E-state index < -0.39 is 17.9 Å². The van der Waals surface area contributed by atoms with E-state index in [9.17, 15) is 14.7 Å². The minimum Gasteiger partial charge on any atom is -0.477 e. The minimum atomic E-state index is -1.13. The van der Waals surface area contributed by atoms with Crippen molar-refractivity contribution < 1.29 is 14.7 Å². The Morgan fingerprint density at radius 1 is 1.11 bits per heavy atom. The summed E-state index contributed by atoms with van der Waals surface area (Å²) >= 11 is 0. The molecule has 0 unspecified atom stereocenters. The van der Waals surface area contributed by atoms with Crippen LogP contribution in [-0.4, -0.2) is 32.0 Å². The van der Waals surface area contributed by atoms with Gasteiger partial charge in [0.15, 0.2) is 11.5 Å². The predicted octanol–water partition coefficient (Wildman–Crippen LogP) is 2.82. The maximum Gasteiger partial charge on any atom is 0.352 e. The maximum atomic E-state index is 12.7. The number of hydrogen-bond donors (Lipinski definition) is 3. The third-order valence-electron chi connectivity index (χ3n) is 4.43. The van der Waals surface area contributed by atoms with Crippen LogP contribution in [0.15, 0.2) is 66.4 Å². The summed E-state index contributed by atoms with van der Waals surface area (Å²) < 4.78 is 1.51. The number of carboxylic acid groups (broad SMARTS) is 1. The number of fused-ring (bicyclic) bond motifs is 1. The Kier molecular flexibility index (Phi) is 4.36. The molecule has 0 radical (unpaired) electrons. The molecule has 2 heterocycles. The van der Waals surface area contributed by atoms with Gasteiger partial charge in [-0.15, -0.1) is 5.10 Å². The molecule has 3 N–H and O–H groups in total. The molecule has 0 spiro atoms. The molecule has 3 aromatic rings. The molecule has 1 amide bonds. The van der Waals surface area contributed by atoms with Crippen LogP contribution in [0.2, 0.25) is 0 Å². The Hall–Kier alpha value is -3.94. The summed E-state index contributed by atoms with van der Waals surface area (Å²) in [7, 11) is 0. The van der Waals surface area contributed by atoms with Gasteiger partial charge in [-0.1, -0.05) is 53.2 Å². The maximum absolute atomic E-state index is 12.7. The van der Waals surface area contributed by atoms with Gasteiger partial charge in [0.1, 0.15) is 11.7 Å². The largest absolute Gasteiger partial charge is 0.477 e. The zero-order valence-electron chi connectivity index (χ0n) is 15.0. The van der Waals surface area contributed by atoms with Crippen LogP contribution in [0.5, 0.6) is 0 Å². The number of aliphatic carboxylic acids is 1. The Bertz CT molecular complexity index is 1070. The first-order valence-corrected chi connectivity index (χ1v) is 8.63. The van der Waals surface area contributed by atoms with E-state index in [1.165, 1.54) is 4.68 Å². The lowest BCUT2D eigenvalue weighted by Gasteiger charge is -2.23. The van der Waals surface area contributed by atoms with Gasteiger partial charge in [0.2, 0.25) is 0 Å². The SMILES string of the molecule is Cc1ccc(NC(=O)c2nnn3c2NC(C(=O)O)=C[C@H]3c2ccccc2)cc1. The molecule has 0 saturated heterocycles. The fraction of sp³-hybridized carbons (Fsp3) is 0.100. The van der Waals surface area contributed by atoms with Crippen LogP contribution in [0.4, 0.5) is 11.5 Å². The van der Waals surface area contributed by atoms with Gasteiger partial charge >= 0.3 is 5.97 Å². The highest BCUT2D eigenvalue weighted by atomic mass is 16.4. The van der Waals surface area contributed by atoms with Gasteiger partial charge in [-0.05, 0) is 30.7 Å². The first kappa shape index (κ1) is 17.5. The molecular weight excluding hydrogens is 358 g/mol. The number of carboxylic acids is 1. The Morgan fingerprint density at radius 3 is 2.50 bits per heavy atom. The normalized spacial score (nSPS) is 15.2. The molecule has 28 heavy (non-hydrogen) atoms. The minimum absolute atomic E-state index is 0.0216. The molecule has 0 fully saturated rings. The second-order valence-corrected chi connectivity index (χ2v) is 6.42. The fourth-order valence-electron chi connectivity index (χ4n) is 2.99. The van der Waals surface area contributed by atoms with Crippen molar-refractivity contribution in [3.63, 3.8) is 0 Å². The number of carbonyl (C=O) groups is 2.